The number of nitriles is 1. The highest BCUT2D eigenvalue weighted by Gasteiger charge is 2.39. The molecule has 23 heavy (non-hydrogen) atoms. The molecule has 1 aliphatic carbocycles. The summed E-state index contributed by atoms with van der Waals surface area (Å²) in [6.07, 6.45) is 7.60. The number of amides is 1. The lowest BCUT2D eigenvalue weighted by atomic mass is 9.81. The van der Waals surface area contributed by atoms with E-state index in [1.165, 1.54) is 12.1 Å². The monoisotopic (exact) mass is 315 g/mol. The fraction of sp³-hybridized carbons (Fsp3) is 0.706. The van der Waals surface area contributed by atoms with Gasteiger partial charge in [0.25, 0.3) is 0 Å². The second-order valence-electron chi connectivity index (χ2n) is 6.87. The average molecular weight is 315 g/mol. The van der Waals surface area contributed by atoms with Gasteiger partial charge in [-0.2, -0.15) is 5.26 Å². The van der Waals surface area contributed by atoms with Gasteiger partial charge in [-0.15, -0.1) is 0 Å². The van der Waals surface area contributed by atoms with E-state index >= 15 is 0 Å². The third-order valence-electron chi connectivity index (χ3n) is 5.45. The van der Waals surface area contributed by atoms with Gasteiger partial charge in [0.05, 0.1) is 24.6 Å². The lowest BCUT2D eigenvalue weighted by Crippen LogP contribution is -2.53. The van der Waals surface area contributed by atoms with E-state index in [1.807, 2.05) is 13.4 Å². The minimum atomic E-state index is -0.596. The van der Waals surface area contributed by atoms with Crippen LogP contribution in [0.4, 0.5) is 0 Å². The topological polar surface area (TPSA) is 65.2 Å². The molecule has 1 amide bonds. The maximum atomic E-state index is 12.7. The number of carbonyl (C=O) groups excluding carboxylic acids is 1. The number of aromatic nitrogens is 2. The van der Waals surface area contributed by atoms with Crippen LogP contribution >= 0.6 is 0 Å². The van der Waals surface area contributed by atoms with Crippen molar-refractivity contribution in [3.05, 3.63) is 17.7 Å². The van der Waals surface area contributed by atoms with Crippen molar-refractivity contribution < 1.29 is 4.79 Å². The molecule has 124 valence electrons. The van der Waals surface area contributed by atoms with Crippen LogP contribution in [0.25, 0.3) is 0 Å². The molecule has 1 aromatic rings. The average Bonchev–Trinajstić information content (AvgIpc) is 2.95. The van der Waals surface area contributed by atoms with E-state index in [0.717, 1.165) is 50.9 Å². The van der Waals surface area contributed by atoms with Crippen molar-refractivity contribution in [1.29, 1.82) is 5.26 Å². The van der Waals surface area contributed by atoms with E-state index in [2.05, 4.69) is 20.5 Å². The first-order valence-corrected chi connectivity index (χ1v) is 8.45. The predicted molar refractivity (Wildman–Crippen MR) is 86.4 cm³/mol. The summed E-state index contributed by atoms with van der Waals surface area (Å²) in [5.41, 5.74) is 1.74. The number of likely N-dealkylation sites (N-methyl/N-ethyl adjacent to an activating group) is 1. The molecule has 6 nitrogen and oxygen atoms in total. The summed E-state index contributed by atoms with van der Waals surface area (Å²) >= 11 is 0. The highest BCUT2D eigenvalue weighted by molar-refractivity contribution is 5.79. The van der Waals surface area contributed by atoms with Crippen molar-refractivity contribution in [2.24, 2.45) is 7.05 Å². The molecule has 6 heteroatoms. The number of rotatable bonds is 3. The Morgan fingerprint density at radius 2 is 2.17 bits per heavy atom. The molecule has 0 radical (unpaired) electrons. The molecule has 1 saturated carbocycles. The van der Waals surface area contributed by atoms with Gasteiger partial charge in [-0.3, -0.25) is 9.69 Å². The smallest absolute Gasteiger partial charge is 0.237 e. The Kier molecular flexibility index (Phi) is 4.40. The molecule has 2 heterocycles. The van der Waals surface area contributed by atoms with Gasteiger partial charge in [0.2, 0.25) is 5.91 Å². The van der Waals surface area contributed by atoms with Crippen LogP contribution in [0.3, 0.4) is 0 Å². The minimum Gasteiger partial charge on any atom is -0.337 e. The normalized spacial score (nSPS) is 20.6. The number of fused-ring (bicyclic) bond motifs is 1. The van der Waals surface area contributed by atoms with Crippen LogP contribution in [0.15, 0.2) is 6.33 Å². The Balaban J connectivity index is 1.64. The Morgan fingerprint density at radius 1 is 1.43 bits per heavy atom. The fourth-order valence-electron chi connectivity index (χ4n) is 3.84. The second kappa shape index (κ2) is 6.32. The first-order valence-electron chi connectivity index (χ1n) is 8.45. The molecule has 0 saturated heterocycles. The predicted octanol–water partition coefficient (Wildman–Crippen LogP) is 1.46. The second-order valence-corrected chi connectivity index (χ2v) is 6.87. The van der Waals surface area contributed by atoms with Crippen molar-refractivity contribution >= 4 is 5.91 Å². The molecular formula is C17H25N5O. The Morgan fingerprint density at radius 3 is 2.87 bits per heavy atom. The molecule has 1 aromatic heterocycles. The van der Waals surface area contributed by atoms with Crippen LogP contribution < -0.4 is 0 Å². The van der Waals surface area contributed by atoms with E-state index in [4.69, 9.17) is 0 Å². The summed E-state index contributed by atoms with van der Waals surface area (Å²) in [5, 5.41) is 9.63. The van der Waals surface area contributed by atoms with E-state index < -0.39 is 5.54 Å². The van der Waals surface area contributed by atoms with Crippen LogP contribution in [0.2, 0.25) is 0 Å². The summed E-state index contributed by atoms with van der Waals surface area (Å²) in [6.45, 7) is 1.96. The number of imidazole rings is 1. The number of aryl methyl sites for hydroxylation is 1. The van der Waals surface area contributed by atoms with Gasteiger partial charge in [0.1, 0.15) is 5.54 Å². The first-order chi connectivity index (χ1) is 11.1. The molecule has 1 fully saturated rings. The van der Waals surface area contributed by atoms with Crippen LogP contribution in [0.5, 0.6) is 0 Å². The Hall–Kier alpha value is -1.87. The molecule has 0 unspecified atom stereocenters. The zero-order chi connectivity index (χ0) is 16.4. The van der Waals surface area contributed by atoms with Crippen molar-refractivity contribution in [2.45, 2.75) is 50.6 Å². The molecule has 2 aliphatic rings. The van der Waals surface area contributed by atoms with Crippen molar-refractivity contribution in [3.63, 3.8) is 0 Å². The molecule has 0 N–H and O–H groups in total. The summed E-state index contributed by atoms with van der Waals surface area (Å²) < 4.78 is 2.06. The molecule has 3 rings (SSSR count). The van der Waals surface area contributed by atoms with Gasteiger partial charge >= 0.3 is 0 Å². The van der Waals surface area contributed by atoms with Gasteiger partial charge in [-0.05, 0) is 12.8 Å². The molecule has 0 aromatic carbocycles. The first kappa shape index (κ1) is 16.0. The number of hydrogen-bond donors (Lipinski definition) is 0. The third kappa shape index (κ3) is 2.98. The Labute approximate surface area is 137 Å². The van der Waals surface area contributed by atoms with E-state index in [1.54, 1.807) is 11.9 Å². The zero-order valence-electron chi connectivity index (χ0n) is 14.1. The maximum absolute atomic E-state index is 12.7. The molecular weight excluding hydrogens is 290 g/mol. The summed E-state index contributed by atoms with van der Waals surface area (Å²) in [5.74, 6) is 0.0489. The standard InChI is InChI=1S/C17H25N5O/c1-20-13-19-14-10-22(9-6-15(14)20)11-16(23)21(2)17(12-18)7-4-3-5-8-17/h13H,3-11H2,1-2H3. The highest BCUT2D eigenvalue weighted by atomic mass is 16.2. The maximum Gasteiger partial charge on any atom is 0.237 e. The number of nitrogens with zero attached hydrogens (tertiary/aromatic N) is 5. The molecule has 0 spiro atoms. The van der Waals surface area contributed by atoms with Gasteiger partial charge in [-0.1, -0.05) is 19.3 Å². The molecule has 1 aliphatic heterocycles. The van der Waals surface area contributed by atoms with Crippen LogP contribution in [0.1, 0.15) is 43.5 Å². The van der Waals surface area contributed by atoms with E-state index in [0.29, 0.717) is 6.54 Å². The molecule has 0 atom stereocenters. The third-order valence-corrected chi connectivity index (χ3v) is 5.45. The largest absolute Gasteiger partial charge is 0.337 e. The minimum absolute atomic E-state index is 0.0489. The van der Waals surface area contributed by atoms with Crippen molar-refractivity contribution in [2.75, 3.05) is 20.1 Å². The Bertz CT molecular complexity index is 623. The van der Waals surface area contributed by atoms with Gasteiger partial charge in [0.15, 0.2) is 0 Å². The lowest BCUT2D eigenvalue weighted by molar-refractivity contribution is -0.136. The van der Waals surface area contributed by atoms with Gasteiger partial charge < -0.3 is 9.47 Å². The zero-order valence-corrected chi connectivity index (χ0v) is 14.1. The number of carbonyl (C=O) groups is 1. The molecule has 0 bridgehead atoms. The summed E-state index contributed by atoms with van der Waals surface area (Å²) in [6, 6.07) is 2.43. The van der Waals surface area contributed by atoms with Gasteiger partial charge in [-0.25, -0.2) is 4.98 Å². The highest BCUT2D eigenvalue weighted by Crippen LogP contribution is 2.32. The lowest BCUT2D eigenvalue weighted by Gasteiger charge is -2.40. The fourth-order valence-corrected chi connectivity index (χ4v) is 3.84. The van der Waals surface area contributed by atoms with Crippen molar-refractivity contribution in [3.8, 4) is 6.07 Å². The van der Waals surface area contributed by atoms with Gasteiger partial charge in [0, 0.05) is 39.3 Å². The van der Waals surface area contributed by atoms with Crippen LogP contribution in [-0.4, -0.2) is 50.9 Å². The SMILES string of the molecule is CN(C(=O)CN1CCc2c(ncn2C)C1)C1(C#N)CCCCC1. The summed E-state index contributed by atoms with van der Waals surface area (Å²) in [7, 11) is 3.81. The quantitative estimate of drug-likeness (QED) is 0.847. The van der Waals surface area contributed by atoms with E-state index in [9.17, 15) is 10.1 Å². The van der Waals surface area contributed by atoms with E-state index in [-0.39, 0.29) is 5.91 Å². The summed E-state index contributed by atoms with van der Waals surface area (Å²) in [4.78, 5) is 21.0. The number of hydrogen-bond acceptors (Lipinski definition) is 4. The van der Waals surface area contributed by atoms with Crippen LogP contribution in [-0.2, 0) is 24.8 Å². The van der Waals surface area contributed by atoms with Crippen LogP contribution in [0, 0.1) is 11.3 Å². The van der Waals surface area contributed by atoms with Crippen molar-refractivity contribution in [1.82, 2.24) is 19.4 Å².